The number of hydrogen-bond donors (Lipinski definition) is 0. The van der Waals surface area contributed by atoms with Gasteiger partial charge in [0.15, 0.2) is 0 Å². The Kier molecular flexibility index (Phi) is 2.47. The average molecular weight is 293 g/mol. The maximum Gasteiger partial charge on any atom is 0.233 e. The van der Waals surface area contributed by atoms with Crippen molar-refractivity contribution in [1.29, 1.82) is 0 Å². The number of amides is 2. The Bertz CT molecular complexity index is 644. The summed E-state index contributed by atoms with van der Waals surface area (Å²) >= 11 is 0. The Morgan fingerprint density at radius 3 is 2.09 bits per heavy atom. The predicted molar refractivity (Wildman–Crippen MR) is 81.6 cm³/mol. The summed E-state index contributed by atoms with van der Waals surface area (Å²) in [6.07, 6.45) is 6.44. The minimum absolute atomic E-state index is 0.0537. The second kappa shape index (κ2) is 4.31. The van der Waals surface area contributed by atoms with Gasteiger partial charge in [0, 0.05) is 6.54 Å². The molecule has 3 heteroatoms. The van der Waals surface area contributed by atoms with E-state index in [2.05, 4.69) is 24.3 Å². The molecule has 3 nitrogen and oxygen atoms in total. The fraction of sp³-hybridized carbons (Fsp3) is 0.474. The van der Waals surface area contributed by atoms with Crippen LogP contribution in [0.2, 0.25) is 0 Å². The van der Waals surface area contributed by atoms with Crippen molar-refractivity contribution >= 4 is 11.8 Å². The third kappa shape index (κ3) is 1.57. The van der Waals surface area contributed by atoms with Crippen molar-refractivity contribution in [3.05, 3.63) is 48.0 Å². The molecule has 4 aliphatic carbocycles. The Balaban J connectivity index is 1.38. The zero-order valence-corrected chi connectivity index (χ0v) is 12.4. The van der Waals surface area contributed by atoms with Gasteiger partial charge in [-0.3, -0.25) is 14.5 Å². The van der Waals surface area contributed by atoms with Gasteiger partial charge in [0.05, 0.1) is 11.8 Å². The first-order chi connectivity index (χ1) is 10.8. The second-order valence-corrected chi connectivity index (χ2v) is 7.22. The Morgan fingerprint density at radius 2 is 1.50 bits per heavy atom. The largest absolute Gasteiger partial charge is 0.282 e. The van der Waals surface area contributed by atoms with E-state index in [0.29, 0.717) is 30.2 Å². The molecule has 2 saturated carbocycles. The zero-order valence-electron chi connectivity index (χ0n) is 12.4. The molecule has 112 valence electrons. The van der Waals surface area contributed by atoms with Gasteiger partial charge in [0.1, 0.15) is 0 Å². The van der Waals surface area contributed by atoms with Crippen molar-refractivity contribution in [2.24, 2.45) is 35.5 Å². The first-order valence-electron chi connectivity index (χ1n) is 8.33. The number of rotatable bonds is 3. The van der Waals surface area contributed by atoms with Crippen molar-refractivity contribution in [1.82, 2.24) is 4.90 Å². The molecule has 0 radical (unpaired) electrons. The molecule has 0 aromatic heterocycles. The van der Waals surface area contributed by atoms with E-state index in [0.717, 1.165) is 6.42 Å². The summed E-state index contributed by atoms with van der Waals surface area (Å²) in [5.41, 5.74) is 1.18. The number of carbonyl (C=O) groups is 2. The quantitative estimate of drug-likeness (QED) is 0.633. The van der Waals surface area contributed by atoms with Crippen LogP contribution in [0.3, 0.4) is 0 Å². The smallest absolute Gasteiger partial charge is 0.233 e. The first-order valence-corrected chi connectivity index (χ1v) is 8.33. The lowest BCUT2D eigenvalue weighted by Gasteiger charge is -2.37. The zero-order chi connectivity index (χ0) is 14.8. The molecule has 2 bridgehead atoms. The minimum atomic E-state index is -0.0537. The standard InChI is InChI=1S/C19H19NO2/c21-18-16-12-6-7-13(15-10-14(12)15)17(16)19(22)20(18)9-8-11-4-2-1-3-5-11/h1-7,12-17H,8-10H2/t12-,13-,14-,15+,16+,17+/m0/s1. The lowest BCUT2D eigenvalue weighted by molar-refractivity contribution is -0.140. The van der Waals surface area contributed by atoms with Crippen LogP contribution in [0.15, 0.2) is 42.5 Å². The maximum absolute atomic E-state index is 12.8. The number of hydrogen-bond acceptors (Lipinski definition) is 2. The van der Waals surface area contributed by atoms with Crippen LogP contribution < -0.4 is 0 Å². The summed E-state index contributed by atoms with van der Waals surface area (Å²) < 4.78 is 0. The molecule has 6 atom stereocenters. The van der Waals surface area contributed by atoms with Crippen LogP contribution in [0.1, 0.15) is 12.0 Å². The summed E-state index contributed by atoms with van der Waals surface area (Å²) in [6.45, 7) is 0.531. The summed E-state index contributed by atoms with van der Waals surface area (Å²) in [5.74, 6) is 2.11. The van der Waals surface area contributed by atoms with Crippen LogP contribution in [0, 0.1) is 35.5 Å². The van der Waals surface area contributed by atoms with Crippen molar-refractivity contribution in [2.75, 3.05) is 6.54 Å². The van der Waals surface area contributed by atoms with Crippen molar-refractivity contribution in [3.63, 3.8) is 0 Å². The van der Waals surface area contributed by atoms with Crippen LogP contribution in [0.25, 0.3) is 0 Å². The molecule has 2 amide bonds. The number of benzene rings is 1. The van der Waals surface area contributed by atoms with Crippen LogP contribution in [-0.4, -0.2) is 23.3 Å². The van der Waals surface area contributed by atoms with Gasteiger partial charge in [-0.25, -0.2) is 0 Å². The molecule has 0 unspecified atom stereocenters. The Labute approximate surface area is 130 Å². The number of nitrogens with zero attached hydrogens (tertiary/aromatic N) is 1. The van der Waals surface area contributed by atoms with E-state index in [-0.39, 0.29) is 23.7 Å². The SMILES string of the molecule is O=C1[C@@H]2[C@H]3C=C[C@@H]([C@@H]4C[C@H]34)[C@H]2C(=O)N1CCc1ccccc1. The van der Waals surface area contributed by atoms with Crippen LogP contribution in [0.4, 0.5) is 0 Å². The third-order valence-corrected chi connectivity index (χ3v) is 6.22. The number of likely N-dealkylation sites (tertiary alicyclic amines) is 1. The van der Waals surface area contributed by atoms with E-state index in [1.165, 1.54) is 12.0 Å². The van der Waals surface area contributed by atoms with Gasteiger partial charge >= 0.3 is 0 Å². The highest BCUT2D eigenvalue weighted by Gasteiger charge is 2.66. The van der Waals surface area contributed by atoms with Gasteiger partial charge in [0.25, 0.3) is 0 Å². The van der Waals surface area contributed by atoms with E-state index < -0.39 is 0 Å². The van der Waals surface area contributed by atoms with E-state index in [9.17, 15) is 9.59 Å². The average Bonchev–Trinajstić information content (AvgIpc) is 3.33. The van der Waals surface area contributed by atoms with Gasteiger partial charge in [0.2, 0.25) is 11.8 Å². The van der Waals surface area contributed by atoms with E-state index in [1.807, 2.05) is 18.2 Å². The molecule has 1 aliphatic heterocycles. The van der Waals surface area contributed by atoms with Gasteiger partial charge in [-0.2, -0.15) is 0 Å². The minimum Gasteiger partial charge on any atom is -0.282 e. The van der Waals surface area contributed by atoms with Crippen LogP contribution >= 0.6 is 0 Å². The normalized spacial score (nSPS) is 40.8. The Morgan fingerprint density at radius 1 is 0.909 bits per heavy atom. The highest BCUT2D eigenvalue weighted by atomic mass is 16.2. The fourth-order valence-corrected chi connectivity index (χ4v) is 5.12. The summed E-state index contributed by atoms with van der Waals surface area (Å²) in [7, 11) is 0. The second-order valence-electron chi connectivity index (χ2n) is 7.22. The van der Waals surface area contributed by atoms with Gasteiger partial charge in [-0.15, -0.1) is 0 Å². The highest BCUT2D eigenvalue weighted by Crippen LogP contribution is 2.65. The number of imide groups is 1. The van der Waals surface area contributed by atoms with E-state index in [1.54, 1.807) is 4.90 Å². The lowest BCUT2D eigenvalue weighted by Crippen LogP contribution is -2.40. The van der Waals surface area contributed by atoms with Crippen molar-refractivity contribution < 1.29 is 9.59 Å². The monoisotopic (exact) mass is 293 g/mol. The molecule has 1 aromatic carbocycles. The number of carbonyl (C=O) groups excluding carboxylic acids is 2. The summed E-state index contributed by atoms with van der Waals surface area (Å²) in [5, 5.41) is 0. The number of allylic oxidation sites excluding steroid dienone is 2. The van der Waals surface area contributed by atoms with Crippen molar-refractivity contribution in [2.45, 2.75) is 12.8 Å². The van der Waals surface area contributed by atoms with Gasteiger partial charge in [-0.1, -0.05) is 42.5 Å². The molecule has 5 aliphatic rings. The molecular formula is C19H19NO2. The molecule has 1 saturated heterocycles. The summed E-state index contributed by atoms with van der Waals surface area (Å²) in [6, 6.07) is 10.1. The van der Waals surface area contributed by atoms with Crippen LogP contribution in [0.5, 0.6) is 0 Å². The first kappa shape index (κ1) is 12.6. The molecule has 1 aromatic rings. The van der Waals surface area contributed by atoms with E-state index >= 15 is 0 Å². The van der Waals surface area contributed by atoms with Gasteiger partial charge in [-0.05, 0) is 42.1 Å². The molecular weight excluding hydrogens is 274 g/mol. The summed E-state index contributed by atoms with van der Waals surface area (Å²) in [4.78, 5) is 27.1. The van der Waals surface area contributed by atoms with Crippen molar-refractivity contribution in [3.8, 4) is 0 Å². The molecule has 6 rings (SSSR count). The topological polar surface area (TPSA) is 37.4 Å². The molecule has 22 heavy (non-hydrogen) atoms. The molecule has 3 fully saturated rings. The predicted octanol–water partition coefficient (Wildman–Crippen LogP) is 2.28. The van der Waals surface area contributed by atoms with E-state index in [4.69, 9.17) is 0 Å². The lowest BCUT2D eigenvalue weighted by atomic mass is 9.63. The highest BCUT2D eigenvalue weighted by molar-refractivity contribution is 6.06. The fourth-order valence-electron chi connectivity index (χ4n) is 5.12. The third-order valence-electron chi connectivity index (χ3n) is 6.22. The maximum atomic E-state index is 12.8. The van der Waals surface area contributed by atoms with Gasteiger partial charge < -0.3 is 0 Å². The Hall–Kier alpha value is -1.90. The molecule has 1 heterocycles. The molecule has 0 N–H and O–H groups in total. The van der Waals surface area contributed by atoms with Crippen LogP contribution in [-0.2, 0) is 16.0 Å². The molecule has 0 spiro atoms.